The highest BCUT2D eigenvalue weighted by atomic mass is 16.3. The molecular weight excluding hydrogens is 188 g/mol. The van der Waals surface area contributed by atoms with Gasteiger partial charge in [0.15, 0.2) is 0 Å². The highest BCUT2D eigenvalue weighted by Crippen LogP contribution is 2.33. The highest BCUT2D eigenvalue weighted by molar-refractivity contribution is 5.28. The Morgan fingerprint density at radius 1 is 1.40 bits per heavy atom. The van der Waals surface area contributed by atoms with Gasteiger partial charge in [-0.05, 0) is 38.4 Å². The molecule has 2 rings (SSSR count). The quantitative estimate of drug-likeness (QED) is 0.752. The van der Waals surface area contributed by atoms with Crippen molar-refractivity contribution in [3.8, 4) is 0 Å². The summed E-state index contributed by atoms with van der Waals surface area (Å²) in [5.41, 5.74) is 1.47. The average Bonchev–Trinajstić information content (AvgIpc) is 2.23. The predicted molar refractivity (Wildman–Crippen MR) is 59.6 cm³/mol. The number of hydrogen-bond donors (Lipinski definition) is 1. The Morgan fingerprint density at radius 2 is 2.07 bits per heavy atom. The van der Waals surface area contributed by atoms with E-state index in [4.69, 9.17) is 0 Å². The number of aromatic nitrogens is 1. The van der Waals surface area contributed by atoms with Gasteiger partial charge in [0.05, 0.1) is 5.60 Å². The molecule has 0 spiro atoms. The zero-order chi connectivity index (χ0) is 10.9. The third-order valence-electron chi connectivity index (χ3n) is 3.35. The maximum absolute atomic E-state index is 10.6. The summed E-state index contributed by atoms with van der Waals surface area (Å²) < 4.78 is 0. The third kappa shape index (κ3) is 2.03. The number of likely N-dealkylation sites (tertiary alicyclic amines) is 1. The van der Waals surface area contributed by atoms with Crippen LogP contribution in [0.1, 0.15) is 24.0 Å². The molecule has 82 valence electrons. The van der Waals surface area contributed by atoms with Crippen LogP contribution in [0.4, 0.5) is 0 Å². The van der Waals surface area contributed by atoms with Crippen LogP contribution in [-0.4, -0.2) is 35.1 Å². The van der Waals surface area contributed by atoms with Crippen LogP contribution in [0.5, 0.6) is 0 Å². The lowest BCUT2D eigenvalue weighted by Crippen LogP contribution is -2.41. The van der Waals surface area contributed by atoms with E-state index in [9.17, 15) is 5.11 Å². The van der Waals surface area contributed by atoms with Gasteiger partial charge in [-0.15, -0.1) is 0 Å². The third-order valence-corrected chi connectivity index (χ3v) is 3.35. The van der Waals surface area contributed by atoms with Crippen LogP contribution in [0.2, 0.25) is 0 Å². The second-order valence-corrected chi connectivity index (χ2v) is 4.53. The van der Waals surface area contributed by atoms with Crippen molar-refractivity contribution in [1.29, 1.82) is 0 Å². The molecule has 1 N–H and O–H groups in total. The van der Waals surface area contributed by atoms with Crippen molar-refractivity contribution in [1.82, 2.24) is 9.88 Å². The van der Waals surface area contributed by atoms with E-state index in [0.717, 1.165) is 37.1 Å². The first-order valence-electron chi connectivity index (χ1n) is 5.44. The molecule has 0 aliphatic carbocycles. The summed E-state index contributed by atoms with van der Waals surface area (Å²) in [5.74, 6) is 0. The van der Waals surface area contributed by atoms with E-state index in [1.54, 1.807) is 12.4 Å². The number of piperidine rings is 1. The number of hydrogen-bond acceptors (Lipinski definition) is 3. The van der Waals surface area contributed by atoms with E-state index in [1.807, 2.05) is 13.0 Å². The number of rotatable bonds is 1. The van der Waals surface area contributed by atoms with E-state index in [2.05, 4.69) is 16.9 Å². The SMILES string of the molecule is Cc1ccncc1C1(O)CCN(C)CC1. The van der Waals surface area contributed by atoms with Crippen molar-refractivity contribution >= 4 is 0 Å². The normalized spacial score (nSPS) is 21.5. The monoisotopic (exact) mass is 206 g/mol. The molecule has 1 aliphatic heterocycles. The topological polar surface area (TPSA) is 36.4 Å². The number of aryl methyl sites for hydroxylation is 1. The standard InChI is InChI=1S/C12H18N2O/c1-10-3-6-13-9-11(10)12(15)4-7-14(2)8-5-12/h3,6,9,15H,4-5,7-8H2,1-2H3. The molecule has 3 nitrogen and oxygen atoms in total. The van der Waals surface area contributed by atoms with Gasteiger partial charge in [-0.25, -0.2) is 0 Å². The number of aliphatic hydroxyl groups is 1. The minimum atomic E-state index is -0.662. The minimum absolute atomic E-state index is 0.662. The van der Waals surface area contributed by atoms with Gasteiger partial charge >= 0.3 is 0 Å². The fourth-order valence-electron chi connectivity index (χ4n) is 2.21. The first kappa shape index (κ1) is 10.6. The van der Waals surface area contributed by atoms with Crippen molar-refractivity contribution in [2.75, 3.05) is 20.1 Å². The fourth-order valence-corrected chi connectivity index (χ4v) is 2.21. The van der Waals surface area contributed by atoms with Crippen LogP contribution in [-0.2, 0) is 5.60 Å². The number of nitrogens with zero attached hydrogens (tertiary/aromatic N) is 2. The van der Waals surface area contributed by atoms with E-state index >= 15 is 0 Å². The smallest absolute Gasteiger partial charge is 0.0938 e. The molecule has 0 bridgehead atoms. The van der Waals surface area contributed by atoms with Crippen molar-refractivity contribution in [3.63, 3.8) is 0 Å². The summed E-state index contributed by atoms with van der Waals surface area (Å²) in [6.45, 7) is 3.93. The Bertz CT molecular complexity index is 343. The summed E-state index contributed by atoms with van der Waals surface area (Å²) in [5, 5.41) is 10.6. The Labute approximate surface area is 90.8 Å². The predicted octanol–water partition coefficient (Wildman–Crippen LogP) is 1.30. The molecule has 0 aromatic carbocycles. The maximum Gasteiger partial charge on any atom is 0.0938 e. The molecule has 0 amide bonds. The summed E-state index contributed by atoms with van der Waals surface area (Å²) in [6.07, 6.45) is 5.18. The van der Waals surface area contributed by atoms with Crippen LogP contribution in [0.25, 0.3) is 0 Å². The Kier molecular flexibility index (Phi) is 2.76. The molecule has 1 aromatic rings. The lowest BCUT2D eigenvalue weighted by Gasteiger charge is -2.37. The molecule has 3 heteroatoms. The molecule has 1 aromatic heterocycles. The molecule has 0 saturated carbocycles. The molecular formula is C12H18N2O. The van der Waals surface area contributed by atoms with Crippen LogP contribution < -0.4 is 0 Å². The van der Waals surface area contributed by atoms with E-state index in [1.165, 1.54) is 0 Å². The van der Waals surface area contributed by atoms with Crippen molar-refractivity contribution in [2.45, 2.75) is 25.4 Å². The van der Waals surface area contributed by atoms with Gasteiger partial charge in [-0.1, -0.05) is 0 Å². The molecule has 0 atom stereocenters. The second-order valence-electron chi connectivity index (χ2n) is 4.53. The lowest BCUT2D eigenvalue weighted by atomic mass is 9.83. The second kappa shape index (κ2) is 3.91. The molecule has 2 heterocycles. The van der Waals surface area contributed by atoms with Gasteiger partial charge in [0.1, 0.15) is 0 Å². The molecule has 15 heavy (non-hydrogen) atoms. The van der Waals surface area contributed by atoms with E-state index < -0.39 is 5.60 Å². The van der Waals surface area contributed by atoms with Crippen LogP contribution >= 0.6 is 0 Å². The van der Waals surface area contributed by atoms with Gasteiger partial charge in [-0.3, -0.25) is 4.98 Å². The maximum atomic E-state index is 10.6. The molecule has 1 fully saturated rings. The van der Waals surface area contributed by atoms with Crippen LogP contribution in [0.15, 0.2) is 18.5 Å². The van der Waals surface area contributed by atoms with Crippen molar-refractivity contribution in [2.24, 2.45) is 0 Å². The van der Waals surface area contributed by atoms with Crippen LogP contribution in [0.3, 0.4) is 0 Å². The highest BCUT2D eigenvalue weighted by Gasteiger charge is 2.34. The summed E-state index contributed by atoms with van der Waals surface area (Å²) in [4.78, 5) is 6.36. The molecule has 1 saturated heterocycles. The Morgan fingerprint density at radius 3 is 2.67 bits per heavy atom. The zero-order valence-electron chi connectivity index (χ0n) is 9.40. The molecule has 0 radical (unpaired) electrons. The minimum Gasteiger partial charge on any atom is -0.385 e. The Hall–Kier alpha value is -0.930. The number of pyridine rings is 1. The van der Waals surface area contributed by atoms with E-state index in [-0.39, 0.29) is 0 Å². The lowest BCUT2D eigenvalue weighted by molar-refractivity contribution is -0.0210. The molecule has 0 unspecified atom stereocenters. The molecule has 1 aliphatic rings. The zero-order valence-corrected chi connectivity index (χ0v) is 9.40. The first-order valence-corrected chi connectivity index (χ1v) is 5.44. The fraction of sp³-hybridized carbons (Fsp3) is 0.583. The Balaban J connectivity index is 2.26. The van der Waals surface area contributed by atoms with E-state index in [0.29, 0.717) is 0 Å². The van der Waals surface area contributed by atoms with Gasteiger partial charge in [0.2, 0.25) is 0 Å². The van der Waals surface area contributed by atoms with Crippen molar-refractivity contribution in [3.05, 3.63) is 29.6 Å². The first-order chi connectivity index (χ1) is 7.12. The van der Waals surface area contributed by atoms with Gasteiger partial charge < -0.3 is 10.0 Å². The van der Waals surface area contributed by atoms with Crippen molar-refractivity contribution < 1.29 is 5.11 Å². The summed E-state index contributed by atoms with van der Waals surface area (Å²) in [7, 11) is 2.09. The van der Waals surface area contributed by atoms with Crippen LogP contribution in [0, 0.1) is 6.92 Å². The summed E-state index contributed by atoms with van der Waals surface area (Å²) in [6, 6.07) is 1.96. The summed E-state index contributed by atoms with van der Waals surface area (Å²) >= 11 is 0. The largest absolute Gasteiger partial charge is 0.385 e. The van der Waals surface area contributed by atoms with Gasteiger partial charge in [-0.2, -0.15) is 0 Å². The van der Waals surface area contributed by atoms with Gasteiger partial charge in [0.25, 0.3) is 0 Å². The van der Waals surface area contributed by atoms with Gasteiger partial charge in [0, 0.05) is 31.0 Å². The average molecular weight is 206 g/mol.